The molecule has 1 aromatic carbocycles. The number of morpholine rings is 1. The summed E-state index contributed by atoms with van der Waals surface area (Å²) < 4.78 is 23.9. The van der Waals surface area contributed by atoms with Gasteiger partial charge in [0.1, 0.15) is 24.3 Å². The molecule has 0 N–H and O–H groups in total. The van der Waals surface area contributed by atoms with Gasteiger partial charge in [0.15, 0.2) is 0 Å². The van der Waals surface area contributed by atoms with Crippen molar-refractivity contribution in [2.45, 2.75) is 26.0 Å². The number of rotatable bonds is 6. The van der Waals surface area contributed by atoms with Crippen LogP contribution in [0.3, 0.4) is 0 Å². The molecule has 1 atom stereocenters. The van der Waals surface area contributed by atoms with E-state index < -0.39 is 6.10 Å². The van der Waals surface area contributed by atoms with E-state index in [9.17, 15) is 9.18 Å². The van der Waals surface area contributed by atoms with Crippen LogP contribution in [0.4, 0.5) is 4.39 Å². The van der Waals surface area contributed by atoms with Gasteiger partial charge < -0.3 is 14.4 Å². The molecule has 0 aliphatic carbocycles. The minimum atomic E-state index is -0.415. The SMILES string of the molecule is CC(C)N1CCOC(C(=O)N(C)CCOc2ccc(F)cc2)C1. The van der Waals surface area contributed by atoms with Crippen molar-refractivity contribution in [3.8, 4) is 5.75 Å². The van der Waals surface area contributed by atoms with Crippen molar-refractivity contribution < 1.29 is 18.7 Å². The van der Waals surface area contributed by atoms with Crippen LogP contribution in [-0.2, 0) is 9.53 Å². The van der Waals surface area contributed by atoms with E-state index in [1.54, 1.807) is 24.1 Å². The Balaban J connectivity index is 1.77. The van der Waals surface area contributed by atoms with Crippen LogP contribution < -0.4 is 4.74 Å². The Labute approximate surface area is 137 Å². The first-order valence-electron chi connectivity index (χ1n) is 7.96. The van der Waals surface area contributed by atoms with Crippen molar-refractivity contribution in [3.63, 3.8) is 0 Å². The van der Waals surface area contributed by atoms with Crippen LogP contribution in [-0.4, -0.2) is 67.7 Å². The van der Waals surface area contributed by atoms with Crippen molar-refractivity contribution >= 4 is 5.91 Å². The number of halogens is 1. The second-order valence-electron chi connectivity index (χ2n) is 6.01. The first-order chi connectivity index (χ1) is 11.0. The van der Waals surface area contributed by atoms with Crippen LogP contribution in [0.15, 0.2) is 24.3 Å². The summed E-state index contributed by atoms with van der Waals surface area (Å²) in [5.41, 5.74) is 0. The highest BCUT2D eigenvalue weighted by atomic mass is 19.1. The summed E-state index contributed by atoms with van der Waals surface area (Å²) >= 11 is 0. The van der Waals surface area contributed by atoms with Crippen LogP contribution >= 0.6 is 0 Å². The third-order valence-electron chi connectivity index (χ3n) is 3.99. The van der Waals surface area contributed by atoms with Crippen molar-refractivity contribution in [1.82, 2.24) is 9.80 Å². The summed E-state index contributed by atoms with van der Waals surface area (Å²) in [6.07, 6.45) is -0.415. The van der Waals surface area contributed by atoms with Gasteiger partial charge in [-0.25, -0.2) is 4.39 Å². The van der Waals surface area contributed by atoms with Gasteiger partial charge in [0.25, 0.3) is 5.91 Å². The fraction of sp³-hybridized carbons (Fsp3) is 0.588. The summed E-state index contributed by atoms with van der Waals surface area (Å²) in [4.78, 5) is 16.3. The number of amides is 1. The van der Waals surface area contributed by atoms with Crippen molar-refractivity contribution in [2.24, 2.45) is 0 Å². The zero-order chi connectivity index (χ0) is 16.8. The Morgan fingerprint density at radius 3 is 2.78 bits per heavy atom. The maximum absolute atomic E-state index is 12.8. The third-order valence-corrected chi connectivity index (χ3v) is 3.99. The Morgan fingerprint density at radius 2 is 2.13 bits per heavy atom. The maximum Gasteiger partial charge on any atom is 0.252 e. The average molecular weight is 324 g/mol. The van der Waals surface area contributed by atoms with Gasteiger partial charge in [-0.2, -0.15) is 0 Å². The van der Waals surface area contributed by atoms with Gasteiger partial charge in [0.05, 0.1) is 13.2 Å². The van der Waals surface area contributed by atoms with Gasteiger partial charge in [-0.1, -0.05) is 0 Å². The zero-order valence-electron chi connectivity index (χ0n) is 14.0. The minimum absolute atomic E-state index is 0.0296. The molecule has 1 amide bonds. The molecule has 5 nitrogen and oxygen atoms in total. The minimum Gasteiger partial charge on any atom is -0.492 e. The summed E-state index contributed by atoms with van der Waals surface area (Å²) in [7, 11) is 1.74. The summed E-state index contributed by atoms with van der Waals surface area (Å²) in [6.45, 7) is 7.11. The Morgan fingerprint density at radius 1 is 1.43 bits per heavy atom. The lowest BCUT2D eigenvalue weighted by molar-refractivity contribution is -0.149. The van der Waals surface area contributed by atoms with E-state index in [0.29, 0.717) is 38.1 Å². The molecular weight excluding hydrogens is 299 g/mol. The predicted molar refractivity (Wildman–Crippen MR) is 86.0 cm³/mol. The van der Waals surface area contributed by atoms with E-state index in [0.717, 1.165) is 6.54 Å². The molecule has 1 fully saturated rings. The number of likely N-dealkylation sites (N-methyl/N-ethyl adjacent to an activating group) is 1. The molecule has 1 unspecified atom stereocenters. The second kappa shape index (κ2) is 8.26. The molecule has 1 heterocycles. The van der Waals surface area contributed by atoms with E-state index in [-0.39, 0.29) is 11.7 Å². The summed E-state index contributed by atoms with van der Waals surface area (Å²) in [5, 5.41) is 0. The smallest absolute Gasteiger partial charge is 0.252 e. The first-order valence-corrected chi connectivity index (χ1v) is 7.96. The van der Waals surface area contributed by atoms with Crippen LogP contribution in [0, 0.1) is 5.82 Å². The number of nitrogens with zero attached hydrogens (tertiary/aromatic N) is 2. The number of hydrogen-bond donors (Lipinski definition) is 0. The number of hydrogen-bond acceptors (Lipinski definition) is 4. The van der Waals surface area contributed by atoms with Gasteiger partial charge in [-0.15, -0.1) is 0 Å². The Bertz CT molecular complexity index is 507. The average Bonchev–Trinajstić information content (AvgIpc) is 2.56. The van der Waals surface area contributed by atoms with E-state index in [1.165, 1.54) is 12.1 Å². The molecular formula is C17H25FN2O3. The maximum atomic E-state index is 12.8. The van der Waals surface area contributed by atoms with Crippen LogP contribution in [0.25, 0.3) is 0 Å². The van der Waals surface area contributed by atoms with E-state index >= 15 is 0 Å². The molecule has 23 heavy (non-hydrogen) atoms. The number of ether oxygens (including phenoxy) is 2. The van der Waals surface area contributed by atoms with E-state index in [1.807, 2.05) is 0 Å². The Kier molecular flexibility index (Phi) is 6.36. The molecule has 0 aromatic heterocycles. The molecule has 2 rings (SSSR count). The van der Waals surface area contributed by atoms with Crippen LogP contribution in [0.5, 0.6) is 5.75 Å². The summed E-state index contributed by atoms with van der Waals surface area (Å²) in [6, 6.07) is 6.24. The van der Waals surface area contributed by atoms with Crippen LogP contribution in [0.1, 0.15) is 13.8 Å². The van der Waals surface area contributed by atoms with Gasteiger partial charge >= 0.3 is 0 Å². The number of carbonyl (C=O) groups excluding carboxylic acids is 1. The highest BCUT2D eigenvalue weighted by Gasteiger charge is 2.29. The van der Waals surface area contributed by atoms with Gasteiger partial charge in [-0.05, 0) is 38.1 Å². The number of benzene rings is 1. The monoisotopic (exact) mass is 324 g/mol. The molecule has 1 saturated heterocycles. The topological polar surface area (TPSA) is 42.0 Å². The lowest BCUT2D eigenvalue weighted by Gasteiger charge is -2.36. The molecule has 0 radical (unpaired) electrons. The fourth-order valence-corrected chi connectivity index (χ4v) is 2.47. The predicted octanol–water partition coefficient (Wildman–Crippen LogP) is 1.77. The van der Waals surface area contributed by atoms with Gasteiger partial charge in [0.2, 0.25) is 0 Å². The molecule has 0 bridgehead atoms. The van der Waals surface area contributed by atoms with Crippen molar-refractivity contribution in [2.75, 3.05) is 39.9 Å². The standard InChI is InChI=1S/C17H25FN2O3/c1-13(2)20-9-11-23-16(12-20)17(21)19(3)8-10-22-15-6-4-14(18)5-7-15/h4-7,13,16H,8-12H2,1-3H3. The van der Waals surface area contributed by atoms with Gasteiger partial charge in [0, 0.05) is 26.2 Å². The highest BCUT2D eigenvalue weighted by molar-refractivity contribution is 5.81. The molecule has 1 aliphatic heterocycles. The largest absolute Gasteiger partial charge is 0.492 e. The molecule has 1 aromatic rings. The highest BCUT2D eigenvalue weighted by Crippen LogP contribution is 2.12. The summed E-state index contributed by atoms with van der Waals surface area (Å²) in [5.74, 6) is 0.263. The fourth-order valence-electron chi connectivity index (χ4n) is 2.47. The second-order valence-corrected chi connectivity index (χ2v) is 6.01. The quantitative estimate of drug-likeness (QED) is 0.800. The molecule has 6 heteroatoms. The van der Waals surface area contributed by atoms with Crippen molar-refractivity contribution in [1.29, 1.82) is 0 Å². The Hall–Kier alpha value is -1.66. The van der Waals surface area contributed by atoms with E-state index in [4.69, 9.17) is 9.47 Å². The lowest BCUT2D eigenvalue weighted by atomic mass is 10.2. The third kappa shape index (κ3) is 5.18. The normalized spacial score (nSPS) is 18.9. The van der Waals surface area contributed by atoms with Crippen LogP contribution in [0.2, 0.25) is 0 Å². The lowest BCUT2D eigenvalue weighted by Crippen LogP contribution is -2.52. The first kappa shape index (κ1) is 17.7. The number of carbonyl (C=O) groups is 1. The van der Waals surface area contributed by atoms with Gasteiger partial charge in [-0.3, -0.25) is 9.69 Å². The molecule has 0 spiro atoms. The van der Waals surface area contributed by atoms with E-state index in [2.05, 4.69) is 18.7 Å². The molecule has 1 aliphatic rings. The molecule has 0 saturated carbocycles. The zero-order valence-corrected chi connectivity index (χ0v) is 14.0. The molecule has 128 valence electrons. The van der Waals surface area contributed by atoms with Crippen molar-refractivity contribution in [3.05, 3.63) is 30.1 Å².